The number of benzene rings is 2. The number of hydrogen-bond donors (Lipinski definition) is 0. The van der Waals surface area contributed by atoms with Gasteiger partial charge in [-0.1, -0.05) is 56.6 Å². The molecule has 0 spiro atoms. The predicted molar refractivity (Wildman–Crippen MR) is 123 cm³/mol. The second-order valence-electron chi connectivity index (χ2n) is 9.05. The molecule has 30 heavy (non-hydrogen) atoms. The van der Waals surface area contributed by atoms with Crippen LogP contribution in [0, 0.1) is 0 Å². The van der Waals surface area contributed by atoms with Gasteiger partial charge >= 0.3 is 0 Å². The van der Waals surface area contributed by atoms with Gasteiger partial charge in [-0.2, -0.15) is 0 Å². The first-order valence-electron chi connectivity index (χ1n) is 10.8. The molecule has 1 amide bonds. The molecule has 2 aromatic carbocycles. The second-order valence-corrected chi connectivity index (χ2v) is 9.49. The zero-order chi connectivity index (χ0) is 21.6. The average Bonchev–Trinajstić information content (AvgIpc) is 3.24. The van der Waals surface area contributed by atoms with Crippen molar-refractivity contribution in [1.29, 1.82) is 0 Å². The van der Waals surface area contributed by atoms with Crippen LogP contribution in [0.1, 0.15) is 44.7 Å². The average molecular weight is 429 g/mol. The lowest BCUT2D eigenvalue weighted by Crippen LogP contribution is -2.39. The highest BCUT2D eigenvalue weighted by atomic mass is 35.5. The minimum atomic E-state index is 0.00375. The van der Waals surface area contributed by atoms with Crippen LogP contribution in [0.4, 0.5) is 0 Å². The molecular formula is C25H33ClN2O2. The fourth-order valence-corrected chi connectivity index (χ4v) is 3.78. The van der Waals surface area contributed by atoms with E-state index in [0.29, 0.717) is 23.9 Å². The van der Waals surface area contributed by atoms with E-state index in [1.165, 1.54) is 18.4 Å². The van der Waals surface area contributed by atoms with Crippen molar-refractivity contribution in [3.63, 3.8) is 0 Å². The predicted octanol–water partition coefficient (Wildman–Crippen LogP) is 5.14. The van der Waals surface area contributed by atoms with Crippen LogP contribution in [-0.4, -0.2) is 48.5 Å². The Hall–Kier alpha value is -2.04. The van der Waals surface area contributed by atoms with E-state index >= 15 is 0 Å². The fraction of sp³-hybridized carbons (Fsp3) is 0.480. The number of nitrogens with zero attached hydrogens (tertiary/aromatic N) is 2. The molecule has 1 aliphatic rings. The highest BCUT2D eigenvalue weighted by Gasteiger charge is 2.19. The van der Waals surface area contributed by atoms with E-state index in [4.69, 9.17) is 16.3 Å². The second kappa shape index (κ2) is 10.3. The van der Waals surface area contributed by atoms with Crippen LogP contribution in [0.3, 0.4) is 0 Å². The molecule has 0 unspecified atom stereocenters. The fourth-order valence-electron chi connectivity index (χ4n) is 3.66. The number of likely N-dealkylation sites (tertiary alicyclic amines) is 1. The first-order valence-corrected chi connectivity index (χ1v) is 11.2. The number of amides is 1. The molecule has 0 bridgehead atoms. The van der Waals surface area contributed by atoms with E-state index in [0.717, 1.165) is 25.2 Å². The molecular weight excluding hydrogens is 396 g/mol. The van der Waals surface area contributed by atoms with Crippen LogP contribution < -0.4 is 4.74 Å². The van der Waals surface area contributed by atoms with Gasteiger partial charge in [-0.3, -0.25) is 4.79 Å². The molecule has 1 heterocycles. The topological polar surface area (TPSA) is 32.8 Å². The van der Waals surface area contributed by atoms with Gasteiger partial charge in [0.2, 0.25) is 0 Å². The van der Waals surface area contributed by atoms with Crippen LogP contribution in [0.25, 0.3) is 0 Å². The molecule has 0 N–H and O–H groups in total. The van der Waals surface area contributed by atoms with E-state index in [-0.39, 0.29) is 17.9 Å². The zero-order valence-corrected chi connectivity index (χ0v) is 19.1. The first kappa shape index (κ1) is 22.6. The Balaban J connectivity index is 1.63. The van der Waals surface area contributed by atoms with Gasteiger partial charge in [-0.25, -0.2) is 0 Å². The molecule has 0 atom stereocenters. The normalized spacial score (nSPS) is 14.7. The van der Waals surface area contributed by atoms with Crippen LogP contribution in [0.15, 0.2) is 48.5 Å². The Kier molecular flexibility index (Phi) is 7.79. The summed E-state index contributed by atoms with van der Waals surface area (Å²) in [5.74, 6) is 0.658. The minimum absolute atomic E-state index is 0.00375. The van der Waals surface area contributed by atoms with Gasteiger partial charge in [0.05, 0.1) is 0 Å². The lowest BCUT2D eigenvalue weighted by Gasteiger charge is -2.26. The number of halogens is 1. The summed E-state index contributed by atoms with van der Waals surface area (Å²) in [4.78, 5) is 17.3. The summed E-state index contributed by atoms with van der Waals surface area (Å²) < 4.78 is 5.71. The highest BCUT2D eigenvalue weighted by Crippen LogP contribution is 2.23. The third kappa shape index (κ3) is 6.75. The van der Waals surface area contributed by atoms with Crippen molar-refractivity contribution in [2.75, 3.05) is 32.8 Å². The van der Waals surface area contributed by atoms with Crippen LogP contribution >= 0.6 is 11.6 Å². The molecule has 162 valence electrons. The molecule has 5 heteroatoms. The van der Waals surface area contributed by atoms with E-state index in [1.54, 1.807) is 24.3 Å². The summed E-state index contributed by atoms with van der Waals surface area (Å²) in [6.45, 7) is 11.1. The molecule has 0 saturated carbocycles. The Labute approximate surface area is 185 Å². The molecule has 3 rings (SSSR count). The maximum absolute atomic E-state index is 13.0. The summed E-state index contributed by atoms with van der Waals surface area (Å²) in [6.07, 6.45) is 2.50. The molecule has 4 nitrogen and oxygen atoms in total. The van der Waals surface area contributed by atoms with Gasteiger partial charge in [0.15, 0.2) is 6.61 Å². The Morgan fingerprint density at radius 3 is 2.27 bits per heavy atom. The van der Waals surface area contributed by atoms with Crippen molar-refractivity contribution in [2.24, 2.45) is 0 Å². The summed E-state index contributed by atoms with van der Waals surface area (Å²) in [6, 6.07) is 15.7. The Bertz CT molecular complexity index is 807. The van der Waals surface area contributed by atoms with Gasteiger partial charge in [0, 0.05) is 24.7 Å². The van der Waals surface area contributed by atoms with Crippen LogP contribution in [0.5, 0.6) is 5.75 Å². The van der Waals surface area contributed by atoms with Crippen molar-refractivity contribution in [3.05, 3.63) is 64.7 Å². The van der Waals surface area contributed by atoms with Gasteiger partial charge in [0.25, 0.3) is 5.91 Å². The summed E-state index contributed by atoms with van der Waals surface area (Å²) in [7, 11) is 0. The monoisotopic (exact) mass is 428 g/mol. The maximum Gasteiger partial charge on any atom is 0.260 e. The van der Waals surface area contributed by atoms with Crippen molar-refractivity contribution in [1.82, 2.24) is 9.80 Å². The van der Waals surface area contributed by atoms with E-state index in [2.05, 4.69) is 49.9 Å². The molecule has 1 saturated heterocycles. The van der Waals surface area contributed by atoms with Crippen molar-refractivity contribution >= 4 is 17.5 Å². The lowest BCUT2D eigenvalue weighted by molar-refractivity contribution is -0.134. The van der Waals surface area contributed by atoms with E-state index in [1.807, 2.05) is 4.90 Å². The van der Waals surface area contributed by atoms with Crippen molar-refractivity contribution in [3.8, 4) is 5.75 Å². The van der Waals surface area contributed by atoms with Crippen LogP contribution in [0.2, 0.25) is 5.02 Å². The molecule has 2 aromatic rings. The van der Waals surface area contributed by atoms with Crippen molar-refractivity contribution < 1.29 is 9.53 Å². The maximum atomic E-state index is 13.0. The Morgan fingerprint density at radius 1 is 1.03 bits per heavy atom. The smallest absolute Gasteiger partial charge is 0.260 e. The number of ether oxygens (including phenoxy) is 1. The number of carbonyl (C=O) groups excluding carboxylic acids is 1. The van der Waals surface area contributed by atoms with Gasteiger partial charge in [0.1, 0.15) is 5.75 Å². The van der Waals surface area contributed by atoms with Gasteiger partial charge < -0.3 is 14.5 Å². The summed E-state index contributed by atoms with van der Waals surface area (Å²) >= 11 is 5.92. The largest absolute Gasteiger partial charge is 0.484 e. The zero-order valence-electron chi connectivity index (χ0n) is 18.4. The molecule has 0 aliphatic carbocycles. The third-order valence-corrected chi connectivity index (χ3v) is 5.86. The lowest BCUT2D eigenvalue weighted by atomic mass is 9.87. The van der Waals surface area contributed by atoms with Crippen LogP contribution in [-0.2, 0) is 16.8 Å². The standard InChI is InChI=1S/C25H33ClN2O2/c1-25(2,3)21-8-6-20(7-9-21)18-28(17-16-27-14-4-5-15-27)24(29)19-30-23-12-10-22(26)11-13-23/h6-13H,4-5,14-19H2,1-3H3. The quantitative estimate of drug-likeness (QED) is 0.583. The number of hydrogen-bond acceptors (Lipinski definition) is 3. The third-order valence-electron chi connectivity index (χ3n) is 5.61. The SMILES string of the molecule is CC(C)(C)c1ccc(CN(CCN2CCCC2)C(=O)COc2ccc(Cl)cc2)cc1. The first-order chi connectivity index (χ1) is 14.3. The van der Waals surface area contributed by atoms with Gasteiger partial charge in [-0.05, 0) is 66.7 Å². The van der Waals surface area contributed by atoms with Gasteiger partial charge in [-0.15, -0.1) is 0 Å². The minimum Gasteiger partial charge on any atom is -0.484 e. The summed E-state index contributed by atoms with van der Waals surface area (Å²) in [5, 5.41) is 0.652. The number of carbonyl (C=O) groups is 1. The molecule has 1 aliphatic heterocycles. The molecule has 0 aromatic heterocycles. The van der Waals surface area contributed by atoms with E-state index in [9.17, 15) is 4.79 Å². The van der Waals surface area contributed by atoms with Crippen molar-refractivity contribution in [2.45, 2.75) is 45.6 Å². The molecule has 0 radical (unpaired) electrons. The Morgan fingerprint density at radius 2 is 1.67 bits per heavy atom. The highest BCUT2D eigenvalue weighted by molar-refractivity contribution is 6.30. The molecule has 1 fully saturated rings. The number of rotatable bonds is 8. The summed E-state index contributed by atoms with van der Waals surface area (Å²) in [5.41, 5.74) is 2.56. The van der Waals surface area contributed by atoms with E-state index < -0.39 is 0 Å².